The molecule has 0 aliphatic carbocycles. The van der Waals surface area contributed by atoms with E-state index in [0.717, 1.165) is 30.6 Å². The zero-order chi connectivity index (χ0) is 19.3. The Balaban J connectivity index is 1.40. The third-order valence-electron chi connectivity index (χ3n) is 5.14. The molecule has 1 atom stereocenters. The van der Waals surface area contributed by atoms with Crippen LogP contribution in [0.3, 0.4) is 0 Å². The summed E-state index contributed by atoms with van der Waals surface area (Å²) in [5, 5.41) is 7.34. The van der Waals surface area contributed by atoms with Gasteiger partial charge in [0.2, 0.25) is 17.6 Å². The van der Waals surface area contributed by atoms with Crippen molar-refractivity contribution in [2.45, 2.75) is 32.2 Å². The van der Waals surface area contributed by atoms with E-state index in [4.69, 9.17) is 8.94 Å². The first kappa shape index (κ1) is 18.4. The van der Waals surface area contributed by atoms with Crippen molar-refractivity contribution in [2.75, 3.05) is 19.6 Å². The van der Waals surface area contributed by atoms with Gasteiger partial charge in [0.1, 0.15) is 6.26 Å². The van der Waals surface area contributed by atoms with Crippen LogP contribution >= 0.6 is 0 Å². The van der Waals surface area contributed by atoms with Crippen LogP contribution in [0.5, 0.6) is 0 Å². The zero-order valence-corrected chi connectivity index (χ0v) is 15.9. The van der Waals surface area contributed by atoms with Gasteiger partial charge < -0.3 is 19.2 Å². The number of furan rings is 1. The fourth-order valence-electron chi connectivity index (χ4n) is 3.50. The topological polar surface area (TPSA) is 84.4 Å². The molecule has 1 aliphatic heterocycles. The monoisotopic (exact) mass is 380 g/mol. The molecule has 1 aliphatic rings. The number of amides is 1. The molecule has 1 N–H and O–H groups in total. The summed E-state index contributed by atoms with van der Waals surface area (Å²) in [5.41, 5.74) is 3.23. The molecule has 0 radical (unpaired) electrons. The van der Waals surface area contributed by atoms with Gasteiger partial charge in [-0.3, -0.25) is 4.79 Å². The number of aromatic nitrogens is 2. The number of hydrogen-bond acceptors (Lipinski definition) is 6. The number of benzene rings is 1. The molecule has 3 aromatic rings. The Bertz CT molecular complexity index is 902. The fourth-order valence-corrected chi connectivity index (χ4v) is 3.50. The largest absolute Gasteiger partial charge is 0.472 e. The van der Waals surface area contributed by atoms with Crippen LogP contribution in [0.1, 0.15) is 36.4 Å². The van der Waals surface area contributed by atoms with Gasteiger partial charge in [-0.1, -0.05) is 36.3 Å². The highest BCUT2D eigenvalue weighted by Gasteiger charge is 2.28. The lowest BCUT2D eigenvalue weighted by atomic mass is 10.0. The van der Waals surface area contributed by atoms with Crippen molar-refractivity contribution in [1.82, 2.24) is 20.4 Å². The van der Waals surface area contributed by atoms with E-state index in [1.165, 1.54) is 5.56 Å². The van der Waals surface area contributed by atoms with E-state index < -0.39 is 0 Å². The maximum atomic E-state index is 12.9. The van der Waals surface area contributed by atoms with Gasteiger partial charge in [0.05, 0.1) is 17.9 Å². The van der Waals surface area contributed by atoms with Gasteiger partial charge >= 0.3 is 0 Å². The SMILES string of the molecule is CCc1ccc(C2CNCCN2C(=O)CCc2nc(-c3ccoc3)no2)cc1. The Morgan fingerprint density at radius 1 is 1.29 bits per heavy atom. The summed E-state index contributed by atoms with van der Waals surface area (Å²) < 4.78 is 10.3. The molecular weight excluding hydrogens is 356 g/mol. The van der Waals surface area contributed by atoms with Crippen LogP contribution in [0, 0.1) is 0 Å². The molecule has 2 aromatic heterocycles. The van der Waals surface area contributed by atoms with Gasteiger partial charge in [-0.25, -0.2) is 0 Å². The van der Waals surface area contributed by atoms with Gasteiger partial charge in [0, 0.05) is 32.5 Å². The van der Waals surface area contributed by atoms with Crippen molar-refractivity contribution < 1.29 is 13.7 Å². The third-order valence-corrected chi connectivity index (χ3v) is 5.14. The highest BCUT2D eigenvalue weighted by Crippen LogP contribution is 2.24. The van der Waals surface area contributed by atoms with Crippen LogP contribution in [-0.4, -0.2) is 40.6 Å². The molecule has 0 bridgehead atoms. The second kappa shape index (κ2) is 8.39. The van der Waals surface area contributed by atoms with Crippen LogP contribution in [-0.2, 0) is 17.6 Å². The molecule has 7 heteroatoms. The van der Waals surface area contributed by atoms with Crippen LogP contribution < -0.4 is 5.32 Å². The standard InChI is InChI=1S/C21H24N4O3/c1-2-15-3-5-16(6-4-15)18-13-22-10-11-25(18)20(26)8-7-19-23-21(24-28-19)17-9-12-27-14-17/h3-6,9,12,14,18,22H,2,7-8,10-11,13H2,1H3. The first-order valence-electron chi connectivity index (χ1n) is 9.68. The molecule has 4 rings (SSSR count). The molecule has 1 aromatic carbocycles. The third kappa shape index (κ3) is 3.99. The molecule has 1 saturated heterocycles. The minimum absolute atomic E-state index is 0.0522. The van der Waals surface area contributed by atoms with E-state index in [2.05, 4.69) is 46.6 Å². The van der Waals surface area contributed by atoms with Gasteiger partial charge in [0.15, 0.2) is 0 Å². The van der Waals surface area contributed by atoms with E-state index >= 15 is 0 Å². The van der Waals surface area contributed by atoms with E-state index in [-0.39, 0.29) is 11.9 Å². The smallest absolute Gasteiger partial charge is 0.227 e. The van der Waals surface area contributed by atoms with Gasteiger partial charge in [-0.05, 0) is 23.6 Å². The van der Waals surface area contributed by atoms with Gasteiger partial charge in [-0.2, -0.15) is 4.98 Å². The van der Waals surface area contributed by atoms with E-state index in [9.17, 15) is 4.79 Å². The Hall–Kier alpha value is -2.93. The van der Waals surface area contributed by atoms with Crippen LogP contribution in [0.25, 0.3) is 11.4 Å². The lowest BCUT2D eigenvalue weighted by molar-refractivity contribution is -0.134. The maximum absolute atomic E-state index is 12.9. The number of aryl methyl sites for hydroxylation is 2. The number of carbonyl (C=O) groups excluding carboxylic acids is 1. The van der Waals surface area contributed by atoms with Crippen molar-refractivity contribution in [1.29, 1.82) is 0 Å². The fraction of sp³-hybridized carbons (Fsp3) is 0.381. The lowest BCUT2D eigenvalue weighted by Gasteiger charge is -2.36. The number of hydrogen-bond donors (Lipinski definition) is 1. The van der Waals surface area contributed by atoms with Crippen molar-refractivity contribution in [3.63, 3.8) is 0 Å². The first-order valence-corrected chi connectivity index (χ1v) is 9.68. The van der Waals surface area contributed by atoms with Crippen molar-refractivity contribution in [3.8, 4) is 11.4 Å². The molecule has 1 amide bonds. The predicted octanol–water partition coefficient (Wildman–Crippen LogP) is 3.00. The second-order valence-corrected chi connectivity index (χ2v) is 6.93. The average Bonchev–Trinajstić information content (AvgIpc) is 3.44. The van der Waals surface area contributed by atoms with E-state index in [1.807, 2.05) is 4.90 Å². The summed E-state index contributed by atoms with van der Waals surface area (Å²) >= 11 is 0. The molecule has 3 heterocycles. The molecule has 7 nitrogen and oxygen atoms in total. The predicted molar refractivity (Wildman–Crippen MR) is 103 cm³/mol. The number of nitrogens with zero attached hydrogens (tertiary/aromatic N) is 3. The van der Waals surface area contributed by atoms with Crippen molar-refractivity contribution in [3.05, 3.63) is 59.9 Å². The summed E-state index contributed by atoms with van der Waals surface area (Å²) in [5.74, 6) is 1.05. The van der Waals surface area contributed by atoms with E-state index in [0.29, 0.717) is 31.1 Å². The number of piperazine rings is 1. The minimum Gasteiger partial charge on any atom is -0.472 e. The summed E-state index contributed by atoms with van der Waals surface area (Å²) in [6, 6.07) is 10.4. The van der Waals surface area contributed by atoms with Gasteiger partial charge in [0.25, 0.3) is 0 Å². The molecule has 146 valence electrons. The summed E-state index contributed by atoms with van der Waals surface area (Å²) in [6.07, 6.45) is 4.91. The van der Waals surface area contributed by atoms with Gasteiger partial charge in [-0.15, -0.1) is 0 Å². The number of nitrogens with one attached hydrogen (secondary N) is 1. The average molecular weight is 380 g/mol. The molecule has 0 saturated carbocycles. The summed E-state index contributed by atoms with van der Waals surface area (Å²) in [4.78, 5) is 19.2. The Morgan fingerprint density at radius 2 is 2.14 bits per heavy atom. The normalized spacial score (nSPS) is 17.0. The quantitative estimate of drug-likeness (QED) is 0.708. The molecule has 28 heavy (non-hydrogen) atoms. The Morgan fingerprint density at radius 3 is 2.89 bits per heavy atom. The van der Waals surface area contributed by atoms with Crippen LogP contribution in [0.4, 0.5) is 0 Å². The summed E-state index contributed by atoms with van der Waals surface area (Å²) in [6.45, 7) is 4.41. The molecule has 1 fully saturated rings. The molecular formula is C21H24N4O3. The highest BCUT2D eigenvalue weighted by atomic mass is 16.5. The number of rotatable bonds is 6. The van der Waals surface area contributed by atoms with E-state index in [1.54, 1.807) is 18.6 Å². The first-order chi connectivity index (χ1) is 13.7. The molecule has 0 spiro atoms. The highest BCUT2D eigenvalue weighted by molar-refractivity contribution is 5.77. The lowest BCUT2D eigenvalue weighted by Crippen LogP contribution is -2.48. The zero-order valence-electron chi connectivity index (χ0n) is 15.9. The van der Waals surface area contributed by atoms with Crippen molar-refractivity contribution in [2.24, 2.45) is 0 Å². The summed E-state index contributed by atoms with van der Waals surface area (Å²) in [7, 11) is 0. The Labute approximate surface area is 163 Å². The van der Waals surface area contributed by atoms with Crippen LogP contribution in [0.2, 0.25) is 0 Å². The minimum atomic E-state index is 0.0522. The second-order valence-electron chi connectivity index (χ2n) is 6.93. The van der Waals surface area contributed by atoms with Crippen LogP contribution in [0.15, 0.2) is 51.8 Å². The Kier molecular flexibility index (Phi) is 5.53. The van der Waals surface area contributed by atoms with Crippen molar-refractivity contribution >= 4 is 5.91 Å². The number of carbonyl (C=O) groups is 1. The molecule has 1 unspecified atom stereocenters. The maximum Gasteiger partial charge on any atom is 0.227 e.